The molecule has 0 aliphatic carbocycles. The highest BCUT2D eigenvalue weighted by Gasteiger charge is 2.40. The molecular formula is C25H50N2O4. The number of unbranched alkanes of at least 4 members (excludes halogenated alkanes) is 1. The number of carbonyl (C=O) groups excluding carboxylic acids is 2. The van der Waals surface area contributed by atoms with E-state index in [-0.39, 0.29) is 23.0 Å². The minimum absolute atomic E-state index is 0.0178. The van der Waals surface area contributed by atoms with Crippen LogP contribution in [0, 0.1) is 5.92 Å². The standard InChI is InChI=1S/C25H50N2O4/c1-11-14-15-23(7,8)30-17-16-22(5,6)27-20(28)19(4)18-24(9,12-2)31-25(10,13-3)21(26)29/h19H,11-18H2,1-10H3,(H2,26,29)(H,27,28). The fourth-order valence-electron chi connectivity index (χ4n) is 3.62. The highest BCUT2D eigenvalue weighted by Crippen LogP contribution is 2.32. The lowest BCUT2D eigenvalue weighted by atomic mass is 9.87. The predicted molar refractivity (Wildman–Crippen MR) is 128 cm³/mol. The van der Waals surface area contributed by atoms with E-state index in [9.17, 15) is 9.59 Å². The summed E-state index contributed by atoms with van der Waals surface area (Å²) in [6.45, 7) is 20.5. The van der Waals surface area contributed by atoms with Crippen molar-refractivity contribution >= 4 is 11.8 Å². The molecule has 3 N–H and O–H groups in total. The maximum absolute atomic E-state index is 12.9. The van der Waals surface area contributed by atoms with Crippen molar-refractivity contribution < 1.29 is 19.1 Å². The molecule has 0 aliphatic rings. The van der Waals surface area contributed by atoms with Crippen LogP contribution in [0.5, 0.6) is 0 Å². The highest BCUT2D eigenvalue weighted by atomic mass is 16.5. The van der Waals surface area contributed by atoms with Crippen molar-refractivity contribution in [3.8, 4) is 0 Å². The Morgan fingerprint density at radius 2 is 1.55 bits per heavy atom. The molecule has 0 heterocycles. The van der Waals surface area contributed by atoms with Gasteiger partial charge in [-0.25, -0.2) is 0 Å². The summed E-state index contributed by atoms with van der Waals surface area (Å²) >= 11 is 0. The molecule has 0 spiro atoms. The molecule has 0 fully saturated rings. The number of nitrogens with one attached hydrogen (secondary N) is 1. The van der Waals surface area contributed by atoms with Gasteiger partial charge in [-0.1, -0.05) is 40.5 Å². The smallest absolute Gasteiger partial charge is 0.249 e. The second kappa shape index (κ2) is 12.2. The Morgan fingerprint density at radius 1 is 0.968 bits per heavy atom. The van der Waals surface area contributed by atoms with Gasteiger partial charge in [-0.15, -0.1) is 0 Å². The molecule has 0 aliphatic heterocycles. The second-order valence-corrected chi connectivity index (χ2v) is 10.8. The van der Waals surface area contributed by atoms with Gasteiger partial charge in [0.05, 0.1) is 11.2 Å². The van der Waals surface area contributed by atoms with Gasteiger partial charge in [0.2, 0.25) is 11.8 Å². The fourth-order valence-corrected chi connectivity index (χ4v) is 3.62. The van der Waals surface area contributed by atoms with Crippen LogP contribution < -0.4 is 11.1 Å². The number of hydrogen-bond donors (Lipinski definition) is 2. The molecule has 6 nitrogen and oxygen atoms in total. The van der Waals surface area contributed by atoms with Crippen LogP contribution in [0.3, 0.4) is 0 Å². The maximum atomic E-state index is 12.9. The summed E-state index contributed by atoms with van der Waals surface area (Å²) in [5.74, 6) is -0.759. The molecule has 0 radical (unpaired) electrons. The first-order chi connectivity index (χ1) is 14.1. The Morgan fingerprint density at radius 3 is 2.00 bits per heavy atom. The van der Waals surface area contributed by atoms with Crippen LogP contribution in [0.1, 0.15) is 114 Å². The van der Waals surface area contributed by atoms with Crippen molar-refractivity contribution in [1.82, 2.24) is 5.32 Å². The Hall–Kier alpha value is -1.14. The zero-order chi connectivity index (χ0) is 24.5. The monoisotopic (exact) mass is 442 g/mol. The largest absolute Gasteiger partial charge is 0.375 e. The molecule has 0 rings (SSSR count). The predicted octanol–water partition coefficient (Wildman–Crippen LogP) is 5.12. The maximum Gasteiger partial charge on any atom is 0.249 e. The number of nitrogens with two attached hydrogens (primary N) is 1. The number of amides is 2. The van der Waals surface area contributed by atoms with Crippen molar-refractivity contribution in [3.63, 3.8) is 0 Å². The van der Waals surface area contributed by atoms with Gasteiger partial charge in [0.1, 0.15) is 5.60 Å². The summed E-state index contributed by atoms with van der Waals surface area (Å²) < 4.78 is 12.3. The van der Waals surface area contributed by atoms with Gasteiger partial charge in [0.25, 0.3) is 0 Å². The van der Waals surface area contributed by atoms with E-state index in [0.717, 1.165) is 25.7 Å². The van der Waals surface area contributed by atoms with Gasteiger partial charge in [0, 0.05) is 18.1 Å². The average Bonchev–Trinajstić information content (AvgIpc) is 2.65. The van der Waals surface area contributed by atoms with Crippen LogP contribution in [0.2, 0.25) is 0 Å². The minimum Gasteiger partial charge on any atom is -0.375 e. The SMILES string of the molecule is CCCCC(C)(C)OCCC(C)(C)NC(=O)C(C)CC(C)(CC)OC(C)(CC)C(N)=O. The average molecular weight is 443 g/mol. The first kappa shape index (κ1) is 29.9. The van der Waals surface area contributed by atoms with Gasteiger partial charge in [0.15, 0.2) is 0 Å². The molecule has 6 heteroatoms. The van der Waals surface area contributed by atoms with E-state index in [2.05, 4.69) is 26.1 Å². The molecule has 3 unspecified atom stereocenters. The van der Waals surface area contributed by atoms with Crippen molar-refractivity contribution in [2.24, 2.45) is 11.7 Å². The third-order valence-corrected chi connectivity index (χ3v) is 6.41. The number of ether oxygens (including phenoxy) is 2. The van der Waals surface area contributed by atoms with Gasteiger partial charge in [-0.3, -0.25) is 9.59 Å². The van der Waals surface area contributed by atoms with Crippen molar-refractivity contribution in [2.45, 2.75) is 137 Å². The normalized spacial score (nSPS) is 17.5. The zero-order valence-corrected chi connectivity index (χ0v) is 21.9. The van der Waals surface area contributed by atoms with Gasteiger partial charge < -0.3 is 20.5 Å². The number of rotatable bonds is 16. The molecule has 3 atom stereocenters. The third-order valence-electron chi connectivity index (χ3n) is 6.41. The van der Waals surface area contributed by atoms with Crippen LogP contribution in [0.4, 0.5) is 0 Å². The highest BCUT2D eigenvalue weighted by molar-refractivity contribution is 5.83. The second-order valence-electron chi connectivity index (χ2n) is 10.8. The van der Waals surface area contributed by atoms with E-state index < -0.39 is 17.1 Å². The summed E-state index contributed by atoms with van der Waals surface area (Å²) in [7, 11) is 0. The number of primary amides is 1. The summed E-state index contributed by atoms with van der Waals surface area (Å²) in [6, 6.07) is 0. The summed E-state index contributed by atoms with van der Waals surface area (Å²) in [6.07, 6.45) is 5.74. The first-order valence-electron chi connectivity index (χ1n) is 12.0. The molecule has 0 aromatic rings. The Bertz CT molecular complexity index is 576. The Kier molecular flexibility index (Phi) is 11.7. The van der Waals surface area contributed by atoms with Crippen LogP contribution in [0.25, 0.3) is 0 Å². The zero-order valence-electron chi connectivity index (χ0n) is 21.9. The van der Waals surface area contributed by atoms with E-state index in [1.165, 1.54) is 0 Å². The number of hydrogen-bond acceptors (Lipinski definition) is 4. The summed E-state index contributed by atoms with van der Waals surface area (Å²) in [5, 5.41) is 3.17. The fraction of sp³-hybridized carbons (Fsp3) is 0.920. The van der Waals surface area contributed by atoms with Crippen molar-refractivity contribution in [1.29, 1.82) is 0 Å². The van der Waals surface area contributed by atoms with E-state index in [1.54, 1.807) is 6.92 Å². The van der Waals surface area contributed by atoms with E-state index in [0.29, 0.717) is 25.9 Å². The summed E-state index contributed by atoms with van der Waals surface area (Å²) in [5.41, 5.74) is 3.39. The quantitative estimate of drug-likeness (QED) is 0.347. The molecular weight excluding hydrogens is 392 g/mol. The van der Waals surface area contributed by atoms with Crippen LogP contribution in [0.15, 0.2) is 0 Å². The molecule has 0 aromatic carbocycles. The van der Waals surface area contributed by atoms with Crippen molar-refractivity contribution in [2.75, 3.05) is 6.61 Å². The lowest BCUT2D eigenvalue weighted by molar-refractivity contribution is -0.173. The molecule has 184 valence electrons. The van der Waals surface area contributed by atoms with Crippen molar-refractivity contribution in [3.05, 3.63) is 0 Å². The van der Waals surface area contributed by atoms with Crippen LogP contribution in [-0.2, 0) is 19.1 Å². The lowest BCUT2D eigenvalue weighted by Crippen LogP contribution is -2.51. The van der Waals surface area contributed by atoms with Crippen LogP contribution >= 0.6 is 0 Å². The van der Waals surface area contributed by atoms with E-state index in [4.69, 9.17) is 15.2 Å². The van der Waals surface area contributed by atoms with E-state index >= 15 is 0 Å². The molecule has 0 aromatic heterocycles. The molecule has 31 heavy (non-hydrogen) atoms. The number of carbonyl (C=O) groups is 2. The molecule has 0 saturated carbocycles. The Labute approximate surface area is 191 Å². The minimum atomic E-state index is -1.04. The molecule has 2 amide bonds. The Balaban J connectivity index is 4.88. The summed E-state index contributed by atoms with van der Waals surface area (Å²) in [4.78, 5) is 24.8. The van der Waals surface area contributed by atoms with Gasteiger partial charge in [-0.2, -0.15) is 0 Å². The van der Waals surface area contributed by atoms with E-state index in [1.807, 2.05) is 41.5 Å². The van der Waals surface area contributed by atoms with Gasteiger partial charge >= 0.3 is 0 Å². The lowest BCUT2D eigenvalue weighted by Gasteiger charge is -2.39. The third kappa shape index (κ3) is 10.8. The molecule has 0 bridgehead atoms. The first-order valence-corrected chi connectivity index (χ1v) is 12.0. The molecule has 0 saturated heterocycles. The van der Waals surface area contributed by atoms with Crippen LogP contribution in [-0.4, -0.2) is 40.8 Å². The topological polar surface area (TPSA) is 90.7 Å². The van der Waals surface area contributed by atoms with Gasteiger partial charge in [-0.05, 0) is 73.6 Å².